The van der Waals surface area contributed by atoms with Gasteiger partial charge in [0.2, 0.25) is 5.91 Å². The first-order valence-corrected chi connectivity index (χ1v) is 10.7. The number of benzene rings is 3. The molecule has 0 saturated heterocycles. The SMILES string of the molecule is O=C(CCN(Cc1ccccc1)C(=O)Nc1cccc(C(F)(F)F)c1)Nc1ccc(C(F)(F)F)cc1. The van der Waals surface area contributed by atoms with E-state index in [4.69, 9.17) is 0 Å². The molecule has 190 valence electrons. The highest BCUT2D eigenvalue weighted by Crippen LogP contribution is 2.31. The van der Waals surface area contributed by atoms with Crippen LogP contribution in [0.4, 0.5) is 42.5 Å². The van der Waals surface area contributed by atoms with E-state index in [1.807, 2.05) is 0 Å². The van der Waals surface area contributed by atoms with Crippen LogP contribution in [0.1, 0.15) is 23.1 Å². The minimum Gasteiger partial charge on any atom is -0.326 e. The maximum absolute atomic E-state index is 13.0. The van der Waals surface area contributed by atoms with Crippen molar-refractivity contribution in [3.8, 4) is 0 Å². The van der Waals surface area contributed by atoms with Crippen LogP contribution < -0.4 is 10.6 Å². The van der Waals surface area contributed by atoms with Gasteiger partial charge in [0.05, 0.1) is 11.1 Å². The monoisotopic (exact) mass is 509 g/mol. The third kappa shape index (κ3) is 7.76. The summed E-state index contributed by atoms with van der Waals surface area (Å²) in [5, 5.41) is 4.88. The molecule has 0 saturated carbocycles. The molecule has 0 heterocycles. The second kappa shape index (κ2) is 11.1. The predicted molar refractivity (Wildman–Crippen MR) is 122 cm³/mol. The van der Waals surface area contributed by atoms with Gasteiger partial charge in [-0.3, -0.25) is 4.79 Å². The summed E-state index contributed by atoms with van der Waals surface area (Å²) in [5.74, 6) is -0.556. The molecule has 2 N–H and O–H groups in total. The number of hydrogen-bond donors (Lipinski definition) is 2. The molecule has 0 bridgehead atoms. The van der Waals surface area contributed by atoms with Gasteiger partial charge < -0.3 is 15.5 Å². The molecule has 3 rings (SSSR count). The summed E-state index contributed by atoms with van der Waals surface area (Å²) in [6, 6.07) is 16.1. The Bertz CT molecular complexity index is 1180. The Hall–Kier alpha value is -4.02. The molecule has 3 aromatic carbocycles. The quantitative estimate of drug-likeness (QED) is 0.345. The Kier molecular flexibility index (Phi) is 8.23. The van der Waals surface area contributed by atoms with E-state index in [0.29, 0.717) is 0 Å². The van der Waals surface area contributed by atoms with Crippen molar-refractivity contribution in [3.63, 3.8) is 0 Å². The Morgan fingerprint density at radius 3 is 1.94 bits per heavy atom. The normalized spacial score (nSPS) is 11.6. The number of carbonyl (C=O) groups excluding carboxylic acids is 2. The van der Waals surface area contributed by atoms with E-state index < -0.39 is 35.4 Å². The number of urea groups is 1. The van der Waals surface area contributed by atoms with E-state index in [9.17, 15) is 35.9 Å². The Balaban J connectivity index is 1.67. The number of anilines is 2. The topological polar surface area (TPSA) is 61.4 Å². The molecule has 3 amide bonds. The van der Waals surface area contributed by atoms with E-state index in [1.165, 1.54) is 11.0 Å². The molecule has 0 aliphatic rings. The molecule has 0 aliphatic heterocycles. The van der Waals surface area contributed by atoms with Crippen molar-refractivity contribution in [3.05, 3.63) is 95.6 Å². The van der Waals surface area contributed by atoms with Crippen LogP contribution in [0.2, 0.25) is 0 Å². The second-order valence-electron chi connectivity index (χ2n) is 7.79. The van der Waals surface area contributed by atoms with Crippen molar-refractivity contribution in [1.82, 2.24) is 4.90 Å². The van der Waals surface area contributed by atoms with Crippen LogP contribution in [0.15, 0.2) is 78.9 Å². The Labute approximate surface area is 202 Å². The minimum absolute atomic E-state index is 0.0675. The van der Waals surface area contributed by atoms with Gasteiger partial charge in [-0.05, 0) is 48.0 Å². The van der Waals surface area contributed by atoms with Gasteiger partial charge in [0, 0.05) is 30.9 Å². The van der Waals surface area contributed by atoms with Gasteiger partial charge >= 0.3 is 18.4 Å². The number of amides is 3. The molecule has 36 heavy (non-hydrogen) atoms. The smallest absolute Gasteiger partial charge is 0.326 e. The molecule has 0 unspecified atom stereocenters. The van der Waals surface area contributed by atoms with E-state index >= 15 is 0 Å². The Morgan fingerprint density at radius 2 is 1.33 bits per heavy atom. The third-order valence-electron chi connectivity index (χ3n) is 5.05. The lowest BCUT2D eigenvalue weighted by Gasteiger charge is -2.23. The van der Waals surface area contributed by atoms with Crippen LogP contribution in [0.25, 0.3) is 0 Å². The molecular formula is C25H21F6N3O2. The minimum atomic E-state index is -4.58. The van der Waals surface area contributed by atoms with Crippen molar-refractivity contribution in [2.24, 2.45) is 0 Å². The van der Waals surface area contributed by atoms with Crippen LogP contribution in [-0.2, 0) is 23.7 Å². The number of alkyl halides is 6. The first kappa shape index (κ1) is 26.6. The van der Waals surface area contributed by atoms with E-state index in [-0.39, 0.29) is 30.9 Å². The van der Waals surface area contributed by atoms with Gasteiger partial charge in [-0.25, -0.2) is 4.79 Å². The molecule has 0 spiro atoms. The molecule has 0 atom stereocenters. The molecule has 0 aromatic heterocycles. The fourth-order valence-corrected chi connectivity index (χ4v) is 3.23. The highest BCUT2D eigenvalue weighted by Gasteiger charge is 2.31. The van der Waals surface area contributed by atoms with Crippen molar-refractivity contribution < 1.29 is 35.9 Å². The van der Waals surface area contributed by atoms with Gasteiger partial charge in [-0.1, -0.05) is 36.4 Å². The first-order chi connectivity index (χ1) is 16.9. The molecule has 5 nitrogen and oxygen atoms in total. The van der Waals surface area contributed by atoms with Gasteiger partial charge in [-0.2, -0.15) is 26.3 Å². The predicted octanol–water partition coefficient (Wildman–Crippen LogP) is 6.79. The van der Waals surface area contributed by atoms with Gasteiger partial charge in [0.25, 0.3) is 0 Å². The number of carbonyl (C=O) groups is 2. The maximum atomic E-state index is 13.0. The second-order valence-corrected chi connectivity index (χ2v) is 7.79. The standard InChI is InChI=1S/C25H21F6N3O2/c26-24(27,28)18-9-11-20(12-10-18)32-22(35)13-14-34(16-17-5-2-1-3-6-17)23(36)33-21-8-4-7-19(15-21)25(29,30)31/h1-12,15H,13-14,16H2,(H,32,35)(H,33,36). The van der Waals surface area contributed by atoms with Gasteiger partial charge in [0.15, 0.2) is 0 Å². The summed E-state index contributed by atoms with van der Waals surface area (Å²) in [4.78, 5) is 26.5. The van der Waals surface area contributed by atoms with Crippen molar-refractivity contribution in [1.29, 1.82) is 0 Å². The van der Waals surface area contributed by atoms with Crippen molar-refractivity contribution in [2.75, 3.05) is 17.2 Å². The van der Waals surface area contributed by atoms with Crippen LogP contribution in [0, 0.1) is 0 Å². The average molecular weight is 509 g/mol. The highest BCUT2D eigenvalue weighted by molar-refractivity contribution is 5.92. The summed E-state index contributed by atoms with van der Waals surface area (Å²) in [6.45, 7) is -0.0364. The average Bonchev–Trinajstić information content (AvgIpc) is 2.82. The summed E-state index contributed by atoms with van der Waals surface area (Å²) in [6.07, 6.45) is -9.29. The van der Waals surface area contributed by atoms with Gasteiger partial charge in [0.1, 0.15) is 0 Å². The first-order valence-electron chi connectivity index (χ1n) is 10.7. The number of nitrogens with zero attached hydrogens (tertiary/aromatic N) is 1. The molecule has 3 aromatic rings. The lowest BCUT2D eigenvalue weighted by atomic mass is 10.2. The molecule has 0 aliphatic carbocycles. The van der Waals surface area contributed by atoms with Crippen LogP contribution >= 0.6 is 0 Å². The maximum Gasteiger partial charge on any atom is 0.416 e. The molecule has 0 fully saturated rings. The summed E-state index contributed by atoms with van der Waals surface area (Å²) < 4.78 is 77.1. The van der Waals surface area contributed by atoms with Crippen LogP contribution in [-0.4, -0.2) is 23.4 Å². The summed E-state index contributed by atoms with van der Waals surface area (Å²) >= 11 is 0. The zero-order valence-corrected chi connectivity index (χ0v) is 18.7. The van der Waals surface area contributed by atoms with Crippen molar-refractivity contribution in [2.45, 2.75) is 25.3 Å². The molecule has 11 heteroatoms. The van der Waals surface area contributed by atoms with Gasteiger partial charge in [-0.15, -0.1) is 0 Å². The number of hydrogen-bond acceptors (Lipinski definition) is 2. The Morgan fingerprint density at radius 1 is 0.694 bits per heavy atom. The fraction of sp³-hybridized carbons (Fsp3) is 0.200. The van der Waals surface area contributed by atoms with E-state index in [1.54, 1.807) is 30.3 Å². The molecular weight excluding hydrogens is 488 g/mol. The van der Waals surface area contributed by atoms with Crippen LogP contribution in [0.3, 0.4) is 0 Å². The lowest BCUT2D eigenvalue weighted by molar-refractivity contribution is -0.138. The van der Waals surface area contributed by atoms with E-state index in [0.717, 1.165) is 48.0 Å². The third-order valence-corrected chi connectivity index (χ3v) is 5.05. The van der Waals surface area contributed by atoms with Crippen molar-refractivity contribution >= 4 is 23.3 Å². The summed E-state index contributed by atoms with van der Waals surface area (Å²) in [7, 11) is 0. The summed E-state index contributed by atoms with van der Waals surface area (Å²) in [5.41, 5.74) is -0.982. The fourth-order valence-electron chi connectivity index (χ4n) is 3.23. The zero-order valence-electron chi connectivity index (χ0n) is 18.7. The lowest BCUT2D eigenvalue weighted by Crippen LogP contribution is -2.36. The highest BCUT2D eigenvalue weighted by atomic mass is 19.4. The van der Waals surface area contributed by atoms with E-state index in [2.05, 4.69) is 10.6 Å². The number of nitrogens with one attached hydrogen (secondary N) is 2. The van der Waals surface area contributed by atoms with Crippen LogP contribution in [0.5, 0.6) is 0 Å². The molecule has 0 radical (unpaired) electrons. The number of halogens is 6. The largest absolute Gasteiger partial charge is 0.416 e. The zero-order chi connectivity index (χ0) is 26.3. The number of rotatable bonds is 7.